The van der Waals surface area contributed by atoms with Crippen molar-refractivity contribution in [2.45, 2.75) is 54.4 Å². The minimum absolute atomic E-state index is 0.795. The van der Waals surface area contributed by atoms with Crippen molar-refractivity contribution >= 4 is 16.7 Å². The quantitative estimate of drug-likeness (QED) is 0.620. The van der Waals surface area contributed by atoms with E-state index in [0.717, 1.165) is 70.4 Å². The van der Waals surface area contributed by atoms with Crippen LogP contribution >= 0.6 is 0 Å². The molecule has 0 aliphatic rings. The third-order valence-electron chi connectivity index (χ3n) is 4.93. The third-order valence-corrected chi connectivity index (χ3v) is 4.93. The molecule has 0 unspecified atom stereocenters. The van der Waals surface area contributed by atoms with Crippen LogP contribution in [0, 0.1) is 27.7 Å². The van der Waals surface area contributed by atoms with Gasteiger partial charge in [0, 0.05) is 41.0 Å². The first-order valence-corrected chi connectivity index (χ1v) is 9.80. The molecule has 0 N–H and O–H groups in total. The van der Waals surface area contributed by atoms with Gasteiger partial charge < -0.3 is 4.90 Å². The summed E-state index contributed by atoms with van der Waals surface area (Å²) >= 11 is 0. The van der Waals surface area contributed by atoms with E-state index in [2.05, 4.69) is 46.9 Å². The van der Waals surface area contributed by atoms with Gasteiger partial charge in [0.15, 0.2) is 0 Å². The van der Waals surface area contributed by atoms with Crippen LogP contribution in [0.25, 0.3) is 22.0 Å². The van der Waals surface area contributed by atoms with Crippen molar-refractivity contribution in [3.63, 3.8) is 0 Å². The molecule has 0 radical (unpaired) electrons. The summed E-state index contributed by atoms with van der Waals surface area (Å²) in [6, 6.07) is 6.34. The number of anilines is 1. The summed E-state index contributed by atoms with van der Waals surface area (Å²) in [7, 11) is 0. The fraction of sp³-hybridized carbons (Fsp3) is 0.455. The summed E-state index contributed by atoms with van der Waals surface area (Å²) < 4.78 is 0. The van der Waals surface area contributed by atoms with Gasteiger partial charge in [-0.15, -0.1) is 0 Å². The monoisotopic (exact) mass is 363 g/mol. The number of rotatable bonds is 6. The smallest absolute Gasteiger partial charge is 0.140 e. The molecule has 5 heteroatoms. The van der Waals surface area contributed by atoms with Crippen LogP contribution in [0.2, 0.25) is 0 Å². The van der Waals surface area contributed by atoms with Gasteiger partial charge >= 0.3 is 0 Å². The highest BCUT2D eigenvalue weighted by Crippen LogP contribution is 2.34. The molecular formula is C22H29N5. The van der Waals surface area contributed by atoms with Gasteiger partial charge in [-0.05, 0) is 47.1 Å². The van der Waals surface area contributed by atoms with E-state index in [4.69, 9.17) is 9.97 Å². The molecule has 2 heterocycles. The molecule has 0 spiro atoms. The number of para-hydroxylation sites is 1. The Balaban J connectivity index is 2.26. The third kappa shape index (κ3) is 3.77. The van der Waals surface area contributed by atoms with Crippen LogP contribution in [0.5, 0.6) is 0 Å². The molecule has 0 aliphatic heterocycles. The lowest BCUT2D eigenvalue weighted by Gasteiger charge is -2.24. The Morgan fingerprint density at radius 2 is 1.52 bits per heavy atom. The zero-order valence-corrected chi connectivity index (χ0v) is 17.3. The molecule has 0 amide bonds. The second-order valence-corrected chi connectivity index (χ2v) is 7.05. The molecule has 27 heavy (non-hydrogen) atoms. The second-order valence-electron chi connectivity index (χ2n) is 7.05. The van der Waals surface area contributed by atoms with Crippen molar-refractivity contribution in [1.82, 2.24) is 19.9 Å². The average Bonchev–Trinajstić information content (AvgIpc) is 2.61. The first-order chi connectivity index (χ1) is 13.0. The fourth-order valence-corrected chi connectivity index (χ4v) is 3.72. The molecule has 0 saturated carbocycles. The minimum atomic E-state index is 0.795. The van der Waals surface area contributed by atoms with Gasteiger partial charge in [0.25, 0.3) is 0 Å². The van der Waals surface area contributed by atoms with Crippen LogP contribution < -0.4 is 4.90 Å². The minimum Gasteiger partial charge on any atom is -0.356 e. The molecule has 3 aromatic rings. The van der Waals surface area contributed by atoms with E-state index in [0.29, 0.717) is 0 Å². The summed E-state index contributed by atoms with van der Waals surface area (Å²) in [5, 5.41) is 1.09. The van der Waals surface area contributed by atoms with E-state index < -0.39 is 0 Å². The molecular weight excluding hydrogens is 334 g/mol. The summed E-state index contributed by atoms with van der Waals surface area (Å²) in [5.74, 6) is 2.62. The molecule has 0 bridgehead atoms. The number of unbranched alkanes of at least 4 members (excludes halogenated alkanes) is 1. The first-order valence-electron chi connectivity index (χ1n) is 9.80. The molecule has 2 aromatic heterocycles. The van der Waals surface area contributed by atoms with Gasteiger partial charge in [-0.25, -0.2) is 19.9 Å². The predicted octanol–water partition coefficient (Wildman–Crippen LogP) is 4.95. The summed E-state index contributed by atoms with van der Waals surface area (Å²) in [5.41, 5.74) is 5.12. The van der Waals surface area contributed by atoms with E-state index in [9.17, 15) is 0 Å². The maximum Gasteiger partial charge on any atom is 0.140 e. The number of fused-ring (bicyclic) bond motifs is 1. The lowest BCUT2D eigenvalue weighted by Crippen LogP contribution is -2.25. The van der Waals surface area contributed by atoms with Crippen molar-refractivity contribution in [1.29, 1.82) is 0 Å². The van der Waals surface area contributed by atoms with Gasteiger partial charge in [0.05, 0.1) is 5.52 Å². The van der Waals surface area contributed by atoms with E-state index in [1.807, 2.05) is 27.7 Å². The Morgan fingerprint density at radius 3 is 2.15 bits per heavy atom. The zero-order valence-electron chi connectivity index (χ0n) is 17.3. The van der Waals surface area contributed by atoms with Crippen LogP contribution in [0.15, 0.2) is 18.2 Å². The van der Waals surface area contributed by atoms with Crippen LogP contribution in [0.4, 0.5) is 5.82 Å². The van der Waals surface area contributed by atoms with E-state index in [1.54, 1.807) is 0 Å². The molecule has 142 valence electrons. The second kappa shape index (κ2) is 7.99. The van der Waals surface area contributed by atoms with E-state index >= 15 is 0 Å². The number of aryl methyl sites for hydroxylation is 4. The van der Waals surface area contributed by atoms with Crippen LogP contribution in [-0.2, 0) is 0 Å². The van der Waals surface area contributed by atoms with Gasteiger partial charge in [0.2, 0.25) is 0 Å². The van der Waals surface area contributed by atoms with Crippen molar-refractivity contribution in [2.75, 3.05) is 18.0 Å². The molecule has 3 rings (SSSR count). The Kier molecular flexibility index (Phi) is 5.68. The van der Waals surface area contributed by atoms with Gasteiger partial charge in [-0.3, -0.25) is 0 Å². The molecule has 1 aromatic carbocycles. The Hall–Kier alpha value is -2.56. The van der Waals surface area contributed by atoms with Gasteiger partial charge in [0.1, 0.15) is 17.5 Å². The van der Waals surface area contributed by atoms with Crippen LogP contribution in [0.1, 0.15) is 49.7 Å². The number of benzene rings is 1. The molecule has 5 nitrogen and oxygen atoms in total. The normalized spacial score (nSPS) is 11.2. The topological polar surface area (TPSA) is 54.8 Å². The zero-order chi connectivity index (χ0) is 19.6. The Morgan fingerprint density at radius 1 is 0.852 bits per heavy atom. The average molecular weight is 364 g/mol. The number of aromatic nitrogens is 4. The summed E-state index contributed by atoms with van der Waals surface area (Å²) in [6.45, 7) is 14.3. The van der Waals surface area contributed by atoms with E-state index in [1.165, 1.54) is 6.42 Å². The Bertz CT molecular complexity index is 941. The molecule has 0 atom stereocenters. The van der Waals surface area contributed by atoms with Crippen molar-refractivity contribution in [3.8, 4) is 11.1 Å². The number of hydrogen-bond acceptors (Lipinski definition) is 5. The van der Waals surface area contributed by atoms with Gasteiger partial charge in [-0.2, -0.15) is 0 Å². The SMILES string of the molecule is CCCCN(CC)c1nc(C)nc2c(-c3c(C)nc(C)nc3C)cccc12. The van der Waals surface area contributed by atoms with E-state index in [-0.39, 0.29) is 0 Å². The van der Waals surface area contributed by atoms with Crippen LogP contribution in [0.3, 0.4) is 0 Å². The molecule has 0 aliphatic carbocycles. The standard InChI is InChI=1S/C22H29N5/c1-7-9-13-27(8-2)22-19-12-10-11-18(21(19)25-17(6)26-22)20-14(3)23-16(5)24-15(20)4/h10-12H,7-9,13H2,1-6H3. The molecule has 0 fully saturated rings. The lowest BCUT2D eigenvalue weighted by atomic mass is 9.99. The highest BCUT2D eigenvalue weighted by Gasteiger charge is 2.18. The highest BCUT2D eigenvalue weighted by molar-refractivity contribution is 6.00. The van der Waals surface area contributed by atoms with Crippen molar-refractivity contribution in [2.24, 2.45) is 0 Å². The first kappa shape index (κ1) is 19.2. The Labute approximate surface area is 161 Å². The fourth-order valence-electron chi connectivity index (χ4n) is 3.72. The number of hydrogen-bond donors (Lipinski definition) is 0. The highest BCUT2D eigenvalue weighted by atomic mass is 15.2. The predicted molar refractivity (Wildman–Crippen MR) is 112 cm³/mol. The maximum atomic E-state index is 4.82. The van der Waals surface area contributed by atoms with Crippen molar-refractivity contribution in [3.05, 3.63) is 41.2 Å². The summed E-state index contributed by atoms with van der Waals surface area (Å²) in [6.07, 6.45) is 2.32. The van der Waals surface area contributed by atoms with Gasteiger partial charge in [-0.1, -0.05) is 25.5 Å². The van der Waals surface area contributed by atoms with Crippen molar-refractivity contribution < 1.29 is 0 Å². The summed E-state index contributed by atoms with van der Waals surface area (Å²) in [4.78, 5) is 21.2. The van der Waals surface area contributed by atoms with Crippen LogP contribution in [-0.4, -0.2) is 33.0 Å². The lowest BCUT2D eigenvalue weighted by molar-refractivity contribution is 0.724. The maximum absolute atomic E-state index is 4.82. The molecule has 0 saturated heterocycles. The number of nitrogens with zero attached hydrogens (tertiary/aromatic N) is 5. The largest absolute Gasteiger partial charge is 0.356 e.